The van der Waals surface area contributed by atoms with Crippen LogP contribution in [0.3, 0.4) is 0 Å². The number of fused-ring (bicyclic) bond motifs is 7. The van der Waals surface area contributed by atoms with Gasteiger partial charge in [-0.2, -0.15) is 10.5 Å². The van der Waals surface area contributed by atoms with Crippen molar-refractivity contribution in [3.05, 3.63) is 193 Å². The second-order valence-corrected chi connectivity index (χ2v) is 13.9. The molecule has 0 saturated carbocycles. The van der Waals surface area contributed by atoms with Crippen molar-refractivity contribution in [2.45, 2.75) is 0 Å². The molecule has 0 bridgehead atoms. The van der Waals surface area contributed by atoms with E-state index in [0.717, 1.165) is 33.0 Å². The second-order valence-electron chi connectivity index (χ2n) is 13.9. The van der Waals surface area contributed by atoms with Gasteiger partial charge in [0.15, 0.2) is 0 Å². The SMILES string of the molecule is N#Cc1cccc(-c2ccc3cc(-c4cc5c6ccccc6c(-c6ccc(-c7cccc(C#N)c7)c7ccccc67)cc5c5ccccc45)ccc3c2)c1. The smallest absolute Gasteiger partial charge is 0.0991 e. The van der Waals surface area contributed by atoms with E-state index in [2.05, 4.69) is 158 Å². The minimum Gasteiger partial charge on any atom is -0.192 e. The Morgan fingerprint density at radius 2 is 0.685 bits per heavy atom. The van der Waals surface area contributed by atoms with E-state index in [0.29, 0.717) is 11.1 Å². The van der Waals surface area contributed by atoms with Gasteiger partial charge in [-0.05, 0) is 147 Å². The van der Waals surface area contributed by atoms with Crippen molar-refractivity contribution in [1.29, 1.82) is 10.5 Å². The van der Waals surface area contributed by atoms with Gasteiger partial charge in [0.05, 0.1) is 23.3 Å². The molecule has 10 rings (SSSR count). The van der Waals surface area contributed by atoms with Crippen LogP contribution < -0.4 is 0 Å². The monoisotopic (exact) mass is 682 g/mol. The van der Waals surface area contributed by atoms with Crippen LogP contribution in [0.15, 0.2) is 182 Å². The van der Waals surface area contributed by atoms with Gasteiger partial charge < -0.3 is 0 Å². The fourth-order valence-electron chi connectivity index (χ4n) is 8.32. The summed E-state index contributed by atoms with van der Waals surface area (Å²) in [5.41, 5.74) is 10.4. The Balaban J connectivity index is 1.17. The van der Waals surface area contributed by atoms with Crippen LogP contribution in [0.1, 0.15) is 11.1 Å². The lowest BCUT2D eigenvalue weighted by Gasteiger charge is -2.18. The van der Waals surface area contributed by atoms with Crippen molar-refractivity contribution in [3.8, 4) is 56.6 Å². The van der Waals surface area contributed by atoms with E-state index in [1.165, 1.54) is 65.3 Å². The Hall–Kier alpha value is -7.52. The first-order valence-corrected chi connectivity index (χ1v) is 18.1. The summed E-state index contributed by atoms with van der Waals surface area (Å²) < 4.78 is 0. The third-order valence-electron chi connectivity index (χ3n) is 10.9. The molecule has 0 heterocycles. The maximum atomic E-state index is 9.60. The van der Waals surface area contributed by atoms with Crippen molar-refractivity contribution < 1.29 is 0 Å². The summed E-state index contributed by atoms with van der Waals surface area (Å²) in [7, 11) is 0. The lowest BCUT2D eigenvalue weighted by atomic mass is 9.85. The molecule has 0 spiro atoms. The second kappa shape index (κ2) is 12.6. The van der Waals surface area contributed by atoms with E-state index in [1.807, 2.05) is 36.4 Å². The number of hydrogen-bond donors (Lipinski definition) is 0. The molecule has 0 aliphatic rings. The summed E-state index contributed by atoms with van der Waals surface area (Å²) in [5, 5.41) is 31.0. The number of nitriles is 2. The van der Waals surface area contributed by atoms with Crippen molar-refractivity contribution in [2.24, 2.45) is 0 Å². The summed E-state index contributed by atoms with van der Waals surface area (Å²) in [6, 6.07) is 68.9. The predicted molar refractivity (Wildman–Crippen MR) is 225 cm³/mol. The van der Waals surface area contributed by atoms with E-state index < -0.39 is 0 Å². The Labute approximate surface area is 313 Å². The lowest BCUT2D eigenvalue weighted by molar-refractivity contribution is 1.48. The van der Waals surface area contributed by atoms with Gasteiger partial charge in [-0.15, -0.1) is 0 Å². The molecule has 10 aromatic carbocycles. The lowest BCUT2D eigenvalue weighted by Crippen LogP contribution is -1.91. The van der Waals surface area contributed by atoms with Gasteiger partial charge in [-0.25, -0.2) is 0 Å². The molecule has 0 amide bonds. The van der Waals surface area contributed by atoms with Gasteiger partial charge in [0.1, 0.15) is 0 Å². The van der Waals surface area contributed by atoms with Crippen molar-refractivity contribution in [3.63, 3.8) is 0 Å². The molecule has 248 valence electrons. The first-order chi connectivity index (χ1) is 26.7. The minimum atomic E-state index is 0.657. The van der Waals surface area contributed by atoms with Crippen molar-refractivity contribution in [2.75, 3.05) is 0 Å². The topological polar surface area (TPSA) is 47.6 Å². The van der Waals surface area contributed by atoms with Gasteiger partial charge >= 0.3 is 0 Å². The molecular weight excluding hydrogens is 653 g/mol. The molecule has 0 radical (unpaired) electrons. The van der Waals surface area contributed by atoms with Crippen LogP contribution in [0.5, 0.6) is 0 Å². The Morgan fingerprint density at radius 3 is 1.31 bits per heavy atom. The van der Waals surface area contributed by atoms with E-state index in [9.17, 15) is 10.5 Å². The van der Waals surface area contributed by atoms with E-state index >= 15 is 0 Å². The number of benzene rings is 10. The molecule has 0 aliphatic carbocycles. The highest BCUT2D eigenvalue weighted by atomic mass is 14.2. The van der Waals surface area contributed by atoms with Gasteiger partial charge in [0, 0.05) is 0 Å². The van der Waals surface area contributed by atoms with Crippen LogP contribution in [-0.4, -0.2) is 0 Å². The quantitative estimate of drug-likeness (QED) is 0.173. The number of nitrogens with zero attached hydrogens (tertiary/aromatic N) is 2. The molecule has 0 saturated heterocycles. The average molecular weight is 683 g/mol. The Morgan fingerprint density at radius 1 is 0.259 bits per heavy atom. The maximum Gasteiger partial charge on any atom is 0.0991 e. The summed E-state index contributed by atoms with van der Waals surface area (Å²) >= 11 is 0. The fourth-order valence-corrected chi connectivity index (χ4v) is 8.32. The standard InChI is InChI=1S/C52H30N2/c53-31-33-9-7-11-35(25-33)36-19-20-38-28-40(22-21-37(38)27-36)49-29-51-47-18-6-5-17-46(47)50(30-52(51)45-16-4-3-15-44(45)49)48-24-23-41(42-13-1-2-14-43(42)48)39-12-8-10-34(26-39)32-54/h1-30H. The zero-order chi connectivity index (χ0) is 36.2. The number of rotatable bonds is 4. The fraction of sp³-hybridized carbons (Fsp3) is 0. The molecule has 0 N–H and O–H groups in total. The van der Waals surface area contributed by atoms with Crippen LogP contribution in [0.25, 0.3) is 98.4 Å². The minimum absolute atomic E-state index is 0.657. The molecule has 0 atom stereocenters. The highest BCUT2D eigenvalue weighted by Crippen LogP contribution is 2.44. The van der Waals surface area contributed by atoms with Crippen LogP contribution in [0, 0.1) is 22.7 Å². The summed E-state index contributed by atoms with van der Waals surface area (Å²) in [6.45, 7) is 0. The van der Waals surface area contributed by atoms with E-state index in [4.69, 9.17) is 0 Å². The molecule has 0 aromatic heterocycles. The third-order valence-corrected chi connectivity index (χ3v) is 10.9. The van der Waals surface area contributed by atoms with Crippen LogP contribution >= 0.6 is 0 Å². The summed E-state index contributed by atoms with van der Waals surface area (Å²) in [5.74, 6) is 0. The zero-order valence-corrected chi connectivity index (χ0v) is 29.2. The van der Waals surface area contributed by atoms with Crippen molar-refractivity contribution in [1.82, 2.24) is 0 Å². The maximum absolute atomic E-state index is 9.60. The van der Waals surface area contributed by atoms with Crippen LogP contribution in [0.4, 0.5) is 0 Å². The molecule has 0 fully saturated rings. The third kappa shape index (κ3) is 5.09. The largest absolute Gasteiger partial charge is 0.192 e. The van der Waals surface area contributed by atoms with Gasteiger partial charge in [-0.1, -0.05) is 133 Å². The summed E-state index contributed by atoms with van der Waals surface area (Å²) in [4.78, 5) is 0. The molecule has 54 heavy (non-hydrogen) atoms. The highest BCUT2D eigenvalue weighted by molar-refractivity contribution is 6.25. The average Bonchev–Trinajstić information content (AvgIpc) is 3.25. The Kier molecular flexibility index (Phi) is 7.29. The molecule has 0 unspecified atom stereocenters. The molecule has 0 aliphatic heterocycles. The predicted octanol–water partition coefficient (Wildman–Crippen LogP) is 13.9. The van der Waals surface area contributed by atoms with Gasteiger partial charge in [-0.3, -0.25) is 0 Å². The van der Waals surface area contributed by atoms with Crippen molar-refractivity contribution >= 4 is 53.9 Å². The van der Waals surface area contributed by atoms with Gasteiger partial charge in [0.25, 0.3) is 0 Å². The summed E-state index contributed by atoms with van der Waals surface area (Å²) in [6.07, 6.45) is 0. The number of hydrogen-bond acceptors (Lipinski definition) is 2. The normalized spacial score (nSPS) is 11.3. The molecule has 2 heteroatoms. The first kappa shape index (κ1) is 31.2. The molecule has 2 nitrogen and oxygen atoms in total. The van der Waals surface area contributed by atoms with E-state index in [1.54, 1.807) is 0 Å². The zero-order valence-electron chi connectivity index (χ0n) is 29.2. The first-order valence-electron chi connectivity index (χ1n) is 18.1. The Bertz CT molecular complexity index is 3250. The van der Waals surface area contributed by atoms with Crippen LogP contribution in [-0.2, 0) is 0 Å². The molecule has 10 aromatic rings. The molecular formula is C52H30N2. The van der Waals surface area contributed by atoms with E-state index in [-0.39, 0.29) is 0 Å². The van der Waals surface area contributed by atoms with Gasteiger partial charge in [0.2, 0.25) is 0 Å². The highest BCUT2D eigenvalue weighted by Gasteiger charge is 2.17. The van der Waals surface area contributed by atoms with Crippen LogP contribution in [0.2, 0.25) is 0 Å².